The van der Waals surface area contributed by atoms with Gasteiger partial charge in [0.2, 0.25) is 23.6 Å². The zero-order valence-corrected chi connectivity index (χ0v) is 19.0. The molecule has 17 nitrogen and oxygen atoms in total. The monoisotopic (exact) mass is 519 g/mol. The normalized spacial score (nSPS) is 13.8. The zero-order valence-electron chi connectivity index (χ0n) is 19.0. The average Bonchev–Trinajstić information content (AvgIpc) is 2.75. The second-order valence-electron chi connectivity index (χ2n) is 7.60. The van der Waals surface area contributed by atoms with Crippen LogP contribution in [0.3, 0.4) is 0 Å². The highest BCUT2D eigenvalue weighted by atomic mass is 16.4. The van der Waals surface area contributed by atoms with E-state index in [-0.39, 0.29) is 0 Å². The molecule has 0 rings (SSSR count). The number of hydrogen-bond acceptors (Lipinski definition) is 9. The Hall–Kier alpha value is -4.28. The van der Waals surface area contributed by atoms with Gasteiger partial charge in [-0.1, -0.05) is 0 Å². The molecule has 0 aromatic carbocycles. The fraction of sp³-hybridized carbons (Fsp3) is 0.579. The van der Waals surface area contributed by atoms with E-state index in [1.807, 2.05) is 5.32 Å². The van der Waals surface area contributed by atoms with Crippen LogP contribution in [0.15, 0.2) is 0 Å². The molecular formula is C19H29N5O12. The quantitative estimate of drug-likeness (QED) is 0.0843. The molecule has 0 aromatic rings. The van der Waals surface area contributed by atoms with Crippen molar-refractivity contribution >= 4 is 47.5 Å². The molecule has 0 spiro atoms. The van der Waals surface area contributed by atoms with Crippen molar-refractivity contribution in [3.05, 3.63) is 0 Å². The molecule has 0 radical (unpaired) electrons. The third-order valence-electron chi connectivity index (χ3n) is 4.58. The lowest BCUT2D eigenvalue weighted by Crippen LogP contribution is -2.57. The molecule has 0 aromatic heterocycles. The first-order valence-corrected chi connectivity index (χ1v) is 10.5. The van der Waals surface area contributed by atoms with E-state index in [2.05, 4.69) is 10.6 Å². The Kier molecular flexibility index (Phi) is 13.7. The Morgan fingerprint density at radius 2 is 0.917 bits per heavy atom. The topological polar surface area (TPSA) is 306 Å². The maximum atomic E-state index is 12.8. The Morgan fingerprint density at radius 1 is 0.583 bits per heavy atom. The summed E-state index contributed by atoms with van der Waals surface area (Å²) in [7, 11) is 0. The van der Waals surface area contributed by atoms with Crippen molar-refractivity contribution in [3.63, 3.8) is 0 Å². The second-order valence-corrected chi connectivity index (χ2v) is 7.60. The summed E-state index contributed by atoms with van der Waals surface area (Å²) in [6.07, 6.45) is -4.00. The largest absolute Gasteiger partial charge is 0.481 e. The number of carbonyl (C=O) groups is 8. The molecule has 4 amide bonds. The summed E-state index contributed by atoms with van der Waals surface area (Å²) >= 11 is 0. The van der Waals surface area contributed by atoms with Crippen LogP contribution in [-0.4, -0.2) is 92.1 Å². The summed E-state index contributed by atoms with van der Waals surface area (Å²) < 4.78 is 0. The Balaban J connectivity index is 5.66. The molecule has 0 heterocycles. The van der Waals surface area contributed by atoms with Crippen LogP contribution in [0.1, 0.15) is 44.9 Å². The van der Waals surface area contributed by atoms with Crippen molar-refractivity contribution in [1.82, 2.24) is 16.0 Å². The number of carboxylic acid groups (broad SMARTS) is 4. The molecule has 0 aliphatic heterocycles. The van der Waals surface area contributed by atoms with Crippen LogP contribution in [0.5, 0.6) is 0 Å². The fourth-order valence-electron chi connectivity index (χ4n) is 2.73. The van der Waals surface area contributed by atoms with Gasteiger partial charge in [-0.05, 0) is 19.3 Å². The van der Waals surface area contributed by atoms with Crippen molar-refractivity contribution in [2.75, 3.05) is 0 Å². The van der Waals surface area contributed by atoms with Gasteiger partial charge >= 0.3 is 23.9 Å². The summed E-state index contributed by atoms with van der Waals surface area (Å²) in [5.74, 6) is -9.87. The number of carbonyl (C=O) groups excluding carboxylic acids is 4. The second kappa shape index (κ2) is 15.6. The highest BCUT2D eigenvalue weighted by Crippen LogP contribution is 2.06. The molecule has 17 heteroatoms. The van der Waals surface area contributed by atoms with Crippen molar-refractivity contribution < 1.29 is 58.8 Å². The van der Waals surface area contributed by atoms with Gasteiger partial charge in [-0.3, -0.25) is 33.6 Å². The van der Waals surface area contributed by atoms with Gasteiger partial charge in [-0.2, -0.15) is 0 Å². The van der Waals surface area contributed by atoms with Crippen LogP contribution in [0.4, 0.5) is 0 Å². The number of nitrogens with two attached hydrogens (primary N) is 2. The van der Waals surface area contributed by atoms with Crippen molar-refractivity contribution in [2.45, 2.75) is 69.1 Å². The van der Waals surface area contributed by atoms with Crippen molar-refractivity contribution in [3.8, 4) is 0 Å². The maximum absolute atomic E-state index is 12.8. The summed E-state index contributed by atoms with van der Waals surface area (Å²) in [5.41, 5.74) is 10.5. The molecular weight excluding hydrogens is 490 g/mol. The van der Waals surface area contributed by atoms with Crippen LogP contribution in [-0.2, 0) is 38.4 Å². The number of hydrogen-bond donors (Lipinski definition) is 9. The minimum absolute atomic E-state index is 0.486. The predicted molar refractivity (Wildman–Crippen MR) is 116 cm³/mol. The van der Waals surface area contributed by atoms with Gasteiger partial charge in [0.1, 0.15) is 18.1 Å². The lowest BCUT2D eigenvalue weighted by Gasteiger charge is -2.24. The van der Waals surface area contributed by atoms with Crippen LogP contribution >= 0.6 is 0 Å². The van der Waals surface area contributed by atoms with Gasteiger partial charge in [0, 0.05) is 19.3 Å². The first-order valence-electron chi connectivity index (χ1n) is 10.5. The summed E-state index contributed by atoms with van der Waals surface area (Å²) in [6, 6.07) is -6.38. The van der Waals surface area contributed by atoms with Crippen LogP contribution in [0.25, 0.3) is 0 Å². The van der Waals surface area contributed by atoms with Crippen molar-refractivity contribution in [1.29, 1.82) is 0 Å². The van der Waals surface area contributed by atoms with E-state index in [9.17, 15) is 43.5 Å². The highest BCUT2D eigenvalue weighted by Gasteiger charge is 2.31. The molecule has 0 saturated carbocycles. The molecule has 0 saturated heterocycles. The molecule has 202 valence electrons. The molecule has 0 aliphatic rings. The minimum Gasteiger partial charge on any atom is -0.481 e. The number of primary amides is 1. The lowest BCUT2D eigenvalue weighted by molar-refractivity contribution is -0.144. The first-order chi connectivity index (χ1) is 16.6. The van der Waals surface area contributed by atoms with Crippen LogP contribution in [0, 0.1) is 0 Å². The molecule has 36 heavy (non-hydrogen) atoms. The zero-order chi connectivity index (χ0) is 28.0. The predicted octanol–water partition coefficient (Wildman–Crippen LogP) is -3.68. The van der Waals surface area contributed by atoms with Gasteiger partial charge in [0.25, 0.3) is 0 Å². The third kappa shape index (κ3) is 13.4. The van der Waals surface area contributed by atoms with E-state index in [0.29, 0.717) is 0 Å². The van der Waals surface area contributed by atoms with Crippen LogP contribution in [0.2, 0.25) is 0 Å². The van der Waals surface area contributed by atoms with Gasteiger partial charge in [0.05, 0.1) is 12.5 Å². The number of amides is 4. The highest BCUT2D eigenvalue weighted by molar-refractivity contribution is 5.95. The van der Waals surface area contributed by atoms with Gasteiger partial charge < -0.3 is 47.8 Å². The fourth-order valence-corrected chi connectivity index (χ4v) is 2.73. The van der Waals surface area contributed by atoms with E-state index >= 15 is 0 Å². The van der Waals surface area contributed by atoms with Crippen LogP contribution < -0.4 is 27.4 Å². The minimum atomic E-state index is -1.67. The number of rotatable bonds is 18. The average molecular weight is 519 g/mol. The lowest BCUT2D eigenvalue weighted by atomic mass is 10.1. The number of aliphatic carboxylic acids is 4. The number of nitrogens with one attached hydrogen (secondary N) is 3. The van der Waals surface area contributed by atoms with E-state index in [1.165, 1.54) is 0 Å². The Labute approximate surface area is 203 Å². The summed E-state index contributed by atoms with van der Waals surface area (Å²) in [4.78, 5) is 92.4. The van der Waals surface area contributed by atoms with E-state index in [4.69, 9.17) is 26.8 Å². The Bertz CT molecular complexity index is 877. The summed E-state index contributed by atoms with van der Waals surface area (Å²) in [5, 5.41) is 42.0. The van der Waals surface area contributed by atoms with Crippen molar-refractivity contribution in [2.24, 2.45) is 11.5 Å². The van der Waals surface area contributed by atoms with Gasteiger partial charge in [0.15, 0.2) is 0 Å². The molecule has 4 atom stereocenters. The molecule has 0 bridgehead atoms. The Morgan fingerprint density at radius 3 is 1.25 bits per heavy atom. The molecule has 0 fully saturated rings. The number of carboxylic acids is 4. The van der Waals surface area contributed by atoms with E-state index in [0.717, 1.165) is 0 Å². The third-order valence-corrected chi connectivity index (χ3v) is 4.58. The maximum Gasteiger partial charge on any atom is 0.326 e. The molecule has 11 N–H and O–H groups in total. The van der Waals surface area contributed by atoms with Gasteiger partial charge in [-0.25, -0.2) is 4.79 Å². The smallest absolute Gasteiger partial charge is 0.326 e. The van der Waals surface area contributed by atoms with E-state index in [1.54, 1.807) is 0 Å². The summed E-state index contributed by atoms with van der Waals surface area (Å²) in [6.45, 7) is 0. The van der Waals surface area contributed by atoms with Gasteiger partial charge in [-0.15, -0.1) is 0 Å². The SMILES string of the molecule is NC(=O)CC(N)C(=O)NC(CCC(=O)O)C(=O)NC(CCC(=O)O)C(=O)NC(CCC(=O)O)C(=O)O. The van der Waals surface area contributed by atoms with E-state index < -0.39 is 117 Å². The molecule has 4 unspecified atom stereocenters. The standard InChI is InChI=1S/C19H29N5O12/c20-8(7-12(21)25)16(32)22-9(1-4-13(26)27)17(33)23-10(2-5-14(28)29)18(34)24-11(19(35)36)3-6-15(30)31/h8-11H,1-7,20H2,(H2,21,25)(H,22,32)(H,23,33)(H,24,34)(H,26,27)(H,28,29)(H,30,31)(H,35,36). The first kappa shape index (κ1) is 31.7. The molecule has 0 aliphatic carbocycles.